The maximum atomic E-state index is 13.2. The zero-order valence-electron chi connectivity index (χ0n) is 18.5. The monoisotopic (exact) mass is 460 g/mol. The minimum Gasteiger partial charge on any atom is -0.322 e. The maximum Gasteiger partial charge on any atom is 0.289 e. The highest BCUT2D eigenvalue weighted by Crippen LogP contribution is 2.32. The minimum atomic E-state index is -0.565. The van der Waals surface area contributed by atoms with Gasteiger partial charge in [-0.2, -0.15) is 5.10 Å². The zero-order valence-corrected chi connectivity index (χ0v) is 19.3. The van der Waals surface area contributed by atoms with Crippen LogP contribution in [0.25, 0.3) is 27.8 Å². The standard InChI is InChI=1S/C20H21ClN4O2.C6H4/c1-13(2)10-11-24-17-12-14(21)8-9-16(17)25(15-6-4-3-5-7-15)20(27)18(23-22)19(24)26;1-2-5-4-6(5)3-1/h3-9,12-13H,10-11,22H2,1-2H3;1-4H. The Bertz CT molecular complexity index is 1490. The summed E-state index contributed by atoms with van der Waals surface area (Å²) < 4.78 is 2.98. The molecular weight excluding hydrogens is 436 g/mol. The highest BCUT2D eigenvalue weighted by molar-refractivity contribution is 6.31. The van der Waals surface area contributed by atoms with Gasteiger partial charge in [0.25, 0.3) is 11.1 Å². The second-order valence-corrected chi connectivity index (χ2v) is 8.74. The molecule has 0 fully saturated rings. The molecule has 1 heterocycles. The summed E-state index contributed by atoms with van der Waals surface area (Å²) in [7, 11) is 0. The van der Waals surface area contributed by atoms with Gasteiger partial charge in [0, 0.05) is 17.3 Å². The second kappa shape index (κ2) is 9.46. The third-order valence-electron chi connectivity index (χ3n) is 5.51. The molecule has 168 valence electrons. The molecule has 5 rings (SSSR count). The number of hydrogen-bond donors (Lipinski definition) is 1. The summed E-state index contributed by atoms with van der Waals surface area (Å²) >= 11 is 6.21. The number of rotatable bonds is 4. The molecule has 0 saturated heterocycles. The summed E-state index contributed by atoms with van der Waals surface area (Å²) in [5.74, 6) is 5.82. The lowest BCUT2D eigenvalue weighted by molar-refractivity contribution is 0.516. The van der Waals surface area contributed by atoms with Crippen LogP contribution in [0.15, 0.2) is 87.5 Å². The molecule has 6 nitrogen and oxygen atoms in total. The van der Waals surface area contributed by atoms with Crippen molar-refractivity contribution in [1.29, 1.82) is 0 Å². The Morgan fingerprint density at radius 2 is 1.58 bits per heavy atom. The van der Waals surface area contributed by atoms with Crippen LogP contribution in [0.2, 0.25) is 5.02 Å². The van der Waals surface area contributed by atoms with Crippen molar-refractivity contribution >= 4 is 22.6 Å². The molecule has 0 atom stereocenters. The number of fused-ring (bicyclic) bond motifs is 2. The molecule has 0 radical (unpaired) electrons. The fourth-order valence-electron chi connectivity index (χ4n) is 3.67. The molecule has 0 amide bonds. The van der Waals surface area contributed by atoms with Gasteiger partial charge in [0.15, 0.2) is 0 Å². The predicted octanol–water partition coefficient (Wildman–Crippen LogP) is 4.29. The third-order valence-corrected chi connectivity index (χ3v) is 5.74. The van der Waals surface area contributed by atoms with Gasteiger partial charge in [-0.3, -0.25) is 14.2 Å². The van der Waals surface area contributed by atoms with Crippen LogP contribution < -0.4 is 22.3 Å². The Hall–Kier alpha value is -3.64. The van der Waals surface area contributed by atoms with Crippen molar-refractivity contribution in [2.45, 2.75) is 26.8 Å². The van der Waals surface area contributed by atoms with E-state index in [2.05, 4.69) is 43.2 Å². The van der Waals surface area contributed by atoms with Crippen LogP contribution in [0.5, 0.6) is 0 Å². The zero-order chi connectivity index (χ0) is 23.5. The quantitative estimate of drug-likeness (QED) is 0.321. The number of aryl methyl sites for hydroxylation is 1. The summed E-state index contributed by atoms with van der Waals surface area (Å²) in [6.45, 7) is 4.57. The van der Waals surface area contributed by atoms with Crippen LogP contribution in [0.3, 0.4) is 0 Å². The second-order valence-electron chi connectivity index (χ2n) is 8.31. The van der Waals surface area contributed by atoms with E-state index in [-0.39, 0.29) is 5.36 Å². The largest absolute Gasteiger partial charge is 0.322 e. The first-order chi connectivity index (χ1) is 15.9. The lowest BCUT2D eigenvalue weighted by Gasteiger charge is -2.11. The van der Waals surface area contributed by atoms with Gasteiger partial charge in [-0.15, -0.1) is 0 Å². The van der Waals surface area contributed by atoms with Crippen LogP contribution in [0.4, 0.5) is 0 Å². The van der Waals surface area contributed by atoms with Gasteiger partial charge in [0.1, 0.15) is 0 Å². The molecule has 0 bridgehead atoms. The molecule has 3 aromatic rings. The van der Waals surface area contributed by atoms with Gasteiger partial charge in [0.2, 0.25) is 5.36 Å². The van der Waals surface area contributed by atoms with Gasteiger partial charge in [-0.1, -0.05) is 61.8 Å². The van der Waals surface area contributed by atoms with Gasteiger partial charge in [-0.05, 0) is 59.9 Å². The van der Waals surface area contributed by atoms with Crippen molar-refractivity contribution in [3.8, 4) is 16.8 Å². The Kier molecular flexibility index (Phi) is 6.47. The number of nitrogens with two attached hydrogens (primary N) is 1. The predicted molar refractivity (Wildman–Crippen MR) is 133 cm³/mol. The lowest BCUT2D eigenvalue weighted by Crippen LogP contribution is -2.45. The molecule has 2 aromatic carbocycles. The summed E-state index contributed by atoms with van der Waals surface area (Å²) in [4.78, 5) is 26.2. The molecule has 7 heteroatoms. The fourth-order valence-corrected chi connectivity index (χ4v) is 3.84. The van der Waals surface area contributed by atoms with E-state index >= 15 is 0 Å². The van der Waals surface area contributed by atoms with Crippen molar-refractivity contribution < 1.29 is 0 Å². The Balaban J connectivity index is 0.000000367. The molecule has 33 heavy (non-hydrogen) atoms. The van der Waals surface area contributed by atoms with Crippen molar-refractivity contribution in [1.82, 2.24) is 9.13 Å². The molecule has 1 aromatic heterocycles. The minimum absolute atomic E-state index is 0.310. The van der Waals surface area contributed by atoms with Crippen molar-refractivity contribution in [3.05, 3.63) is 104 Å². The normalized spacial score (nSPS) is 11.9. The van der Waals surface area contributed by atoms with E-state index < -0.39 is 11.1 Å². The lowest BCUT2D eigenvalue weighted by atomic mass is 10.1. The average Bonchev–Trinajstić information content (AvgIpc) is 3.42. The van der Waals surface area contributed by atoms with Crippen LogP contribution in [0, 0.1) is 5.92 Å². The first kappa shape index (κ1) is 22.6. The SMILES string of the molecule is CC(C)CCn1c(=O)c(=NN)c(=O)n(-c2ccccc2)c2ccc(Cl)cc21.c1cc2cc-2c1. The molecular formula is C26H25ClN4O2. The molecule has 2 N–H and O–H groups in total. The molecule has 0 aliphatic heterocycles. The van der Waals surface area contributed by atoms with E-state index in [4.69, 9.17) is 17.4 Å². The number of benzene rings is 3. The average molecular weight is 461 g/mol. The van der Waals surface area contributed by atoms with E-state index in [1.54, 1.807) is 30.3 Å². The summed E-state index contributed by atoms with van der Waals surface area (Å²) in [5.41, 5.74) is 3.50. The summed E-state index contributed by atoms with van der Waals surface area (Å²) in [6, 6.07) is 22.7. The van der Waals surface area contributed by atoms with Gasteiger partial charge in [0.05, 0.1) is 11.0 Å². The van der Waals surface area contributed by atoms with E-state index in [1.165, 1.54) is 20.3 Å². The molecule has 0 spiro atoms. The van der Waals surface area contributed by atoms with E-state index in [9.17, 15) is 9.59 Å². The van der Waals surface area contributed by atoms with Crippen molar-refractivity contribution in [3.63, 3.8) is 0 Å². The Labute approximate surface area is 196 Å². The highest BCUT2D eigenvalue weighted by Gasteiger charge is 2.14. The fraction of sp³-hybridized carbons (Fsp3) is 0.192. The molecule has 0 saturated carbocycles. The van der Waals surface area contributed by atoms with E-state index in [0.717, 1.165) is 6.42 Å². The topological polar surface area (TPSA) is 82.4 Å². The molecule has 0 unspecified atom stereocenters. The Morgan fingerprint density at radius 1 is 0.879 bits per heavy atom. The van der Waals surface area contributed by atoms with Crippen LogP contribution in [-0.2, 0) is 6.54 Å². The van der Waals surface area contributed by atoms with Gasteiger partial charge >= 0.3 is 0 Å². The van der Waals surface area contributed by atoms with Gasteiger partial charge < -0.3 is 10.4 Å². The smallest absolute Gasteiger partial charge is 0.289 e. The summed E-state index contributed by atoms with van der Waals surface area (Å²) in [6.07, 6.45) is 0.759. The molecule has 2 aliphatic rings. The number of nitrogens with zero attached hydrogens (tertiary/aromatic N) is 3. The first-order valence-electron chi connectivity index (χ1n) is 10.8. The number of para-hydroxylation sites is 1. The van der Waals surface area contributed by atoms with E-state index in [1.807, 2.05) is 18.2 Å². The number of aromatic nitrogens is 2. The van der Waals surface area contributed by atoms with Crippen molar-refractivity contribution in [2.24, 2.45) is 16.9 Å². The van der Waals surface area contributed by atoms with E-state index in [0.29, 0.717) is 34.2 Å². The maximum absolute atomic E-state index is 13.2. The third kappa shape index (κ3) is 4.76. The summed E-state index contributed by atoms with van der Waals surface area (Å²) in [5, 5.41) is 3.70. The molecule has 2 aliphatic carbocycles. The number of halogens is 1. The van der Waals surface area contributed by atoms with Crippen LogP contribution >= 0.6 is 11.6 Å². The first-order valence-corrected chi connectivity index (χ1v) is 11.2. The van der Waals surface area contributed by atoms with Crippen LogP contribution in [-0.4, -0.2) is 9.13 Å². The van der Waals surface area contributed by atoms with Gasteiger partial charge in [-0.25, -0.2) is 0 Å². The Morgan fingerprint density at radius 3 is 2.12 bits per heavy atom. The van der Waals surface area contributed by atoms with Crippen LogP contribution in [0.1, 0.15) is 20.3 Å². The van der Waals surface area contributed by atoms with Crippen molar-refractivity contribution in [2.75, 3.05) is 0 Å². The number of hydrogen-bond acceptors (Lipinski definition) is 4. The highest BCUT2D eigenvalue weighted by atomic mass is 35.5.